The minimum absolute atomic E-state index is 0.288. The van der Waals surface area contributed by atoms with Crippen molar-refractivity contribution < 1.29 is 0 Å². The molecule has 0 aromatic carbocycles. The molecule has 0 spiro atoms. The van der Waals surface area contributed by atoms with E-state index in [9.17, 15) is 0 Å². The van der Waals surface area contributed by atoms with Crippen LogP contribution in [-0.2, 0) is 6.54 Å². The normalized spacial score (nSPS) is 19.2. The van der Waals surface area contributed by atoms with Crippen LogP contribution in [0.5, 0.6) is 0 Å². The van der Waals surface area contributed by atoms with Crippen LogP contribution in [0.15, 0.2) is 15.9 Å². The molecule has 0 saturated heterocycles. The van der Waals surface area contributed by atoms with E-state index in [2.05, 4.69) is 39.3 Å². The number of halogens is 1. The molecule has 1 fully saturated rings. The third kappa shape index (κ3) is 2.28. The molecule has 0 atom stereocenters. The van der Waals surface area contributed by atoms with E-state index in [-0.39, 0.29) is 5.54 Å². The van der Waals surface area contributed by atoms with Gasteiger partial charge in [0.1, 0.15) is 0 Å². The van der Waals surface area contributed by atoms with Gasteiger partial charge in [0.25, 0.3) is 0 Å². The van der Waals surface area contributed by atoms with E-state index in [1.165, 1.54) is 28.6 Å². The number of rotatable bonds is 4. The Kier molecular flexibility index (Phi) is 3.50. The van der Waals surface area contributed by atoms with Gasteiger partial charge in [0.15, 0.2) is 0 Å². The molecule has 0 unspecified atom stereocenters. The Morgan fingerprint density at radius 1 is 1.60 bits per heavy atom. The zero-order valence-electron chi connectivity index (χ0n) is 9.00. The Bertz CT molecular complexity index is 328. The van der Waals surface area contributed by atoms with Gasteiger partial charge in [0.05, 0.1) is 0 Å². The molecule has 4 heteroatoms. The average Bonchev–Trinajstić information content (AvgIpc) is 2.50. The molecule has 1 aromatic heterocycles. The molecule has 1 saturated carbocycles. The summed E-state index contributed by atoms with van der Waals surface area (Å²) in [6.45, 7) is 1.81. The van der Waals surface area contributed by atoms with Crippen molar-refractivity contribution in [1.29, 1.82) is 0 Å². The lowest BCUT2D eigenvalue weighted by molar-refractivity contribution is 0.0406. The number of hydrogen-bond acceptors (Lipinski definition) is 3. The molecular weight excluding hydrogens is 272 g/mol. The zero-order chi connectivity index (χ0) is 10.9. The van der Waals surface area contributed by atoms with Crippen molar-refractivity contribution in [3.63, 3.8) is 0 Å². The van der Waals surface area contributed by atoms with Gasteiger partial charge in [-0.25, -0.2) is 0 Å². The van der Waals surface area contributed by atoms with Gasteiger partial charge >= 0.3 is 0 Å². The molecule has 0 amide bonds. The number of nitrogens with zero attached hydrogens (tertiary/aromatic N) is 1. The van der Waals surface area contributed by atoms with Crippen molar-refractivity contribution in [1.82, 2.24) is 4.90 Å². The average molecular weight is 289 g/mol. The minimum Gasteiger partial charge on any atom is -0.329 e. The summed E-state index contributed by atoms with van der Waals surface area (Å²) in [5.41, 5.74) is 6.17. The third-order valence-electron chi connectivity index (χ3n) is 3.49. The highest BCUT2D eigenvalue weighted by atomic mass is 79.9. The van der Waals surface area contributed by atoms with Gasteiger partial charge in [-0.05, 0) is 48.3 Å². The second-order valence-corrected chi connectivity index (χ2v) is 6.28. The van der Waals surface area contributed by atoms with Crippen LogP contribution in [-0.4, -0.2) is 24.0 Å². The minimum atomic E-state index is 0.288. The van der Waals surface area contributed by atoms with Gasteiger partial charge in [-0.1, -0.05) is 0 Å². The molecule has 15 heavy (non-hydrogen) atoms. The van der Waals surface area contributed by atoms with Gasteiger partial charge in [-0.3, -0.25) is 4.90 Å². The van der Waals surface area contributed by atoms with E-state index >= 15 is 0 Å². The van der Waals surface area contributed by atoms with Crippen LogP contribution in [0.1, 0.15) is 24.1 Å². The van der Waals surface area contributed by atoms with E-state index in [0.717, 1.165) is 13.1 Å². The molecule has 84 valence electrons. The van der Waals surface area contributed by atoms with Crippen molar-refractivity contribution >= 4 is 27.3 Å². The van der Waals surface area contributed by atoms with Crippen LogP contribution < -0.4 is 5.73 Å². The molecule has 1 aliphatic rings. The lowest BCUT2D eigenvalue weighted by atomic mass is 9.75. The van der Waals surface area contributed by atoms with Crippen LogP contribution >= 0.6 is 27.3 Å². The monoisotopic (exact) mass is 288 g/mol. The third-order valence-corrected chi connectivity index (χ3v) is 5.17. The van der Waals surface area contributed by atoms with Crippen molar-refractivity contribution in [2.24, 2.45) is 5.73 Å². The first-order valence-electron chi connectivity index (χ1n) is 5.30. The van der Waals surface area contributed by atoms with E-state index in [4.69, 9.17) is 5.73 Å². The second-order valence-electron chi connectivity index (χ2n) is 4.37. The second kappa shape index (κ2) is 4.53. The van der Waals surface area contributed by atoms with E-state index in [1.807, 2.05) is 11.3 Å². The van der Waals surface area contributed by atoms with Gasteiger partial charge in [-0.2, -0.15) is 0 Å². The fourth-order valence-electron chi connectivity index (χ4n) is 2.16. The molecule has 2 nitrogen and oxygen atoms in total. The summed E-state index contributed by atoms with van der Waals surface area (Å²) >= 11 is 5.30. The predicted molar refractivity (Wildman–Crippen MR) is 69.1 cm³/mol. The fraction of sp³-hybridized carbons (Fsp3) is 0.636. The lowest BCUT2D eigenvalue weighted by Crippen LogP contribution is -2.56. The van der Waals surface area contributed by atoms with Crippen molar-refractivity contribution in [2.75, 3.05) is 13.6 Å². The summed E-state index contributed by atoms with van der Waals surface area (Å²) in [6, 6.07) is 2.20. The van der Waals surface area contributed by atoms with Gasteiger partial charge in [-0.15, -0.1) is 11.3 Å². The molecule has 0 aliphatic heterocycles. The molecule has 2 N–H and O–H groups in total. The largest absolute Gasteiger partial charge is 0.329 e. The summed E-state index contributed by atoms with van der Waals surface area (Å²) in [5.74, 6) is 0. The first-order chi connectivity index (χ1) is 7.16. The Morgan fingerprint density at radius 2 is 2.33 bits per heavy atom. The number of hydrogen-bond donors (Lipinski definition) is 1. The summed E-state index contributed by atoms with van der Waals surface area (Å²) in [6.07, 6.45) is 3.84. The summed E-state index contributed by atoms with van der Waals surface area (Å²) in [7, 11) is 2.19. The maximum atomic E-state index is 5.88. The Hall–Kier alpha value is 0.1000. The first-order valence-corrected chi connectivity index (χ1v) is 6.98. The smallest absolute Gasteiger partial charge is 0.0332 e. The van der Waals surface area contributed by atoms with Gasteiger partial charge in [0, 0.05) is 33.4 Å². The quantitative estimate of drug-likeness (QED) is 0.923. The van der Waals surface area contributed by atoms with Gasteiger partial charge in [0.2, 0.25) is 0 Å². The molecule has 2 rings (SSSR count). The molecule has 0 radical (unpaired) electrons. The van der Waals surface area contributed by atoms with Crippen molar-refractivity contribution in [3.8, 4) is 0 Å². The Morgan fingerprint density at radius 3 is 2.73 bits per heavy atom. The maximum Gasteiger partial charge on any atom is 0.0332 e. The number of likely N-dealkylation sites (N-methyl/N-ethyl adjacent to an activating group) is 1. The summed E-state index contributed by atoms with van der Waals surface area (Å²) < 4.78 is 1.19. The topological polar surface area (TPSA) is 29.3 Å². The highest BCUT2D eigenvalue weighted by Gasteiger charge is 2.39. The van der Waals surface area contributed by atoms with Crippen LogP contribution in [0.2, 0.25) is 0 Å². The van der Waals surface area contributed by atoms with Crippen LogP contribution in [0, 0.1) is 0 Å². The van der Waals surface area contributed by atoms with E-state index in [1.54, 1.807) is 0 Å². The molecule has 1 aliphatic carbocycles. The Labute approximate surface area is 104 Å². The molecular formula is C11H17BrN2S. The number of nitrogens with two attached hydrogens (primary N) is 1. The van der Waals surface area contributed by atoms with Crippen molar-refractivity contribution in [3.05, 3.63) is 20.8 Å². The van der Waals surface area contributed by atoms with Crippen LogP contribution in [0.3, 0.4) is 0 Å². The summed E-state index contributed by atoms with van der Waals surface area (Å²) in [5, 5.41) is 2.14. The molecule has 0 bridgehead atoms. The van der Waals surface area contributed by atoms with E-state index in [0.29, 0.717) is 0 Å². The standard InChI is InChI=1S/C11H17BrN2S/c1-14(11(8-13)3-2-4-11)6-10-5-9(12)7-15-10/h5,7H,2-4,6,8,13H2,1H3. The van der Waals surface area contributed by atoms with Crippen LogP contribution in [0.25, 0.3) is 0 Å². The molecule has 1 aromatic rings. The molecule has 1 heterocycles. The fourth-order valence-corrected chi connectivity index (χ4v) is 3.67. The highest BCUT2D eigenvalue weighted by molar-refractivity contribution is 9.10. The summed E-state index contributed by atoms with van der Waals surface area (Å²) in [4.78, 5) is 3.83. The lowest BCUT2D eigenvalue weighted by Gasteiger charge is -2.48. The maximum absolute atomic E-state index is 5.88. The van der Waals surface area contributed by atoms with Gasteiger partial charge < -0.3 is 5.73 Å². The van der Waals surface area contributed by atoms with Crippen LogP contribution in [0.4, 0.5) is 0 Å². The SMILES string of the molecule is CN(Cc1cc(Br)cs1)C1(CN)CCC1. The highest BCUT2D eigenvalue weighted by Crippen LogP contribution is 2.37. The predicted octanol–water partition coefficient (Wildman–Crippen LogP) is 2.82. The first kappa shape index (κ1) is 11.6. The van der Waals surface area contributed by atoms with E-state index < -0.39 is 0 Å². The van der Waals surface area contributed by atoms with Crippen molar-refractivity contribution in [2.45, 2.75) is 31.3 Å². The zero-order valence-corrected chi connectivity index (χ0v) is 11.4. The Balaban J connectivity index is 1.99. The number of thiophene rings is 1.